The van der Waals surface area contributed by atoms with Gasteiger partial charge in [-0.2, -0.15) is 0 Å². The molecule has 0 N–H and O–H groups in total. The van der Waals surface area contributed by atoms with Crippen molar-refractivity contribution in [3.63, 3.8) is 0 Å². The molecular formula is C26H32O3S. The van der Waals surface area contributed by atoms with Crippen LogP contribution >= 0.6 is 0 Å². The Balaban J connectivity index is 2.08. The lowest BCUT2D eigenvalue weighted by atomic mass is 9.72. The van der Waals surface area contributed by atoms with Crippen LogP contribution in [0.2, 0.25) is 0 Å². The van der Waals surface area contributed by atoms with Gasteiger partial charge >= 0.3 is 0 Å². The molecule has 0 heterocycles. The maximum absolute atomic E-state index is 12.3. The van der Waals surface area contributed by atoms with Gasteiger partial charge in [0.05, 0.1) is 4.90 Å². The molecular weight excluding hydrogens is 392 g/mol. The number of rotatable bonds is 6. The molecule has 0 amide bonds. The fraction of sp³-hybridized carbons (Fsp3) is 0.346. The Labute approximate surface area is 181 Å². The van der Waals surface area contributed by atoms with E-state index in [2.05, 4.69) is 32.9 Å². The molecule has 0 bridgehead atoms. The van der Waals surface area contributed by atoms with Gasteiger partial charge in [-0.25, -0.2) is 8.42 Å². The molecule has 0 atom stereocenters. The molecule has 0 aliphatic heterocycles. The zero-order chi connectivity index (χ0) is 22.4. The molecule has 0 spiro atoms. The van der Waals surface area contributed by atoms with Gasteiger partial charge in [-0.05, 0) is 68.7 Å². The standard InChI is InChI=1S/C26H32O3S/c1-20(16-17-24-22(3)13-10-18-26(24,4)5)11-9-12-21(2)19-25(27)30(28,29)23-14-7-6-8-15-23/h6-9,11-12,14-17,19H,10,13,18H2,1-5H3/b12-9+,17-16+,20-11+,21-19+. The Morgan fingerprint density at radius 1 is 1.03 bits per heavy atom. The molecule has 160 valence electrons. The second-order valence-electron chi connectivity index (χ2n) is 8.56. The maximum Gasteiger partial charge on any atom is 0.274 e. The first kappa shape index (κ1) is 23.8. The first-order valence-corrected chi connectivity index (χ1v) is 11.8. The summed E-state index contributed by atoms with van der Waals surface area (Å²) in [6, 6.07) is 7.77. The van der Waals surface area contributed by atoms with Crippen LogP contribution in [0, 0.1) is 5.41 Å². The summed E-state index contributed by atoms with van der Waals surface area (Å²) in [4.78, 5) is 12.2. The Kier molecular flexibility index (Phi) is 7.96. The van der Waals surface area contributed by atoms with Gasteiger partial charge < -0.3 is 0 Å². The third-order valence-corrected chi connectivity index (χ3v) is 6.98. The van der Waals surface area contributed by atoms with Crippen molar-refractivity contribution in [2.45, 2.75) is 58.8 Å². The fourth-order valence-electron chi connectivity index (χ4n) is 3.66. The summed E-state index contributed by atoms with van der Waals surface area (Å²) < 4.78 is 24.6. The zero-order valence-corrected chi connectivity index (χ0v) is 19.4. The van der Waals surface area contributed by atoms with E-state index < -0.39 is 15.0 Å². The minimum atomic E-state index is -3.99. The van der Waals surface area contributed by atoms with Crippen LogP contribution in [0.4, 0.5) is 0 Å². The second kappa shape index (κ2) is 10.0. The van der Waals surface area contributed by atoms with E-state index >= 15 is 0 Å². The van der Waals surface area contributed by atoms with Gasteiger partial charge in [0, 0.05) is 6.08 Å². The van der Waals surface area contributed by atoms with E-state index in [4.69, 9.17) is 0 Å². The van der Waals surface area contributed by atoms with Gasteiger partial charge in [-0.1, -0.05) is 73.6 Å². The van der Waals surface area contributed by atoms with Gasteiger partial charge in [0.25, 0.3) is 5.12 Å². The first-order chi connectivity index (χ1) is 14.0. The number of benzene rings is 1. The molecule has 1 aromatic carbocycles. The molecule has 0 radical (unpaired) electrons. The molecule has 1 aliphatic carbocycles. The van der Waals surface area contributed by atoms with Crippen molar-refractivity contribution in [2.75, 3.05) is 0 Å². The third kappa shape index (κ3) is 6.27. The largest absolute Gasteiger partial charge is 0.276 e. The van der Waals surface area contributed by atoms with Crippen LogP contribution < -0.4 is 0 Å². The summed E-state index contributed by atoms with van der Waals surface area (Å²) in [5.41, 5.74) is 4.75. The molecule has 0 fully saturated rings. The molecule has 1 aliphatic rings. The third-order valence-electron chi connectivity index (χ3n) is 5.44. The minimum absolute atomic E-state index is 0.0131. The van der Waals surface area contributed by atoms with Crippen molar-refractivity contribution in [1.82, 2.24) is 0 Å². The molecule has 1 aromatic rings. The average molecular weight is 425 g/mol. The molecule has 30 heavy (non-hydrogen) atoms. The molecule has 3 nitrogen and oxygen atoms in total. The van der Waals surface area contributed by atoms with E-state index in [1.807, 2.05) is 19.1 Å². The lowest BCUT2D eigenvalue weighted by molar-refractivity contribution is -0.107. The topological polar surface area (TPSA) is 51.2 Å². The molecule has 0 saturated heterocycles. The molecule has 0 saturated carbocycles. The number of hydrogen-bond acceptors (Lipinski definition) is 3. The lowest BCUT2D eigenvalue weighted by Gasteiger charge is -2.32. The highest BCUT2D eigenvalue weighted by atomic mass is 32.2. The van der Waals surface area contributed by atoms with E-state index in [1.54, 1.807) is 31.2 Å². The van der Waals surface area contributed by atoms with Crippen LogP contribution in [0.25, 0.3) is 0 Å². The highest BCUT2D eigenvalue weighted by Crippen LogP contribution is 2.40. The highest BCUT2D eigenvalue weighted by Gasteiger charge is 2.26. The summed E-state index contributed by atoms with van der Waals surface area (Å²) in [5, 5.41) is -0.904. The first-order valence-electron chi connectivity index (χ1n) is 10.3. The maximum atomic E-state index is 12.3. The van der Waals surface area contributed by atoms with E-state index in [1.165, 1.54) is 36.1 Å². The normalized spacial score (nSPS) is 18.4. The van der Waals surface area contributed by atoms with Crippen LogP contribution in [0.5, 0.6) is 0 Å². The van der Waals surface area contributed by atoms with Crippen molar-refractivity contribution in [1.29, 1.82) is 0 Å². The molecule has 2 rings (SSSR count). The quantitative estimate of drug-likeness (QED) is 0.386. The van der Waals surface area contributed by atoms with Crippen LogP contribution in [0.3, 0.4) is 0 Å². The van der Waals surface area contributed by atoms with Gasteiger partial charge in [-0.15, -0.1) is 0 Å². The summed E-state index contributed by atoms with van der Waals surface area (Å²) >= 11 is 0. The van der Waals surface area contributed by atoms with Crippen molar-refractivity contribution in [3.8, 4) is 0 Å². The Bertz CT molecular complexity index is 1030. The lowest BCUT2D eigenvalue weighted by Crippen LogP contribution is -2.19. The van der Waals surface area contributed by atoms with Crippen molar-refractivity contribution in [2.24, 2.45) is 5.41 Å². The number of carbonyl (C=O) groups excluding carboxylic acids is 1. The number of allylic oxidation sites excluding steroid dienone is 9. The van der Waals surface area contributed by atoms with Crippen LogP contribution in [0.15, 0.2) is 94.0 Å². The van der Waals surface area contributed by atoms with Crippen LogP contribution in [0.1, 0.15) is 53.9 Å². The van der Waals surface area contributed by atoms with Crippen LogP contribution in [-0.2, 0) is 14.6 Å². The summed E-state index contributed by atoms with van der Waals surface area (Å²) in [6.07, 6.45) is 14.6. The van der Waals surface area contributed by atoms with E-state index in [9.17, 15) is 13.2 Å². The highest BCUT2D eigenvalue weighted by molar-refractivity contribution is 8.06. The summed E-state index contributed by atoms with van der Waals surface area (Å²) in [5.74, 6) is 0. The predicted octanol–water partition coefficient (Wildman–Crippen LogP) is 6.52. The van der Waals surface area contributed by atoms with Gasteiger partial charge in [0.15, 0.2) is 0 Å². The Morgan fingerprint density at radius 2 is 1.70 bits per heavy atom. The zero-order valence-electron chi connectivity index (χ0n) is 18.6. The summed E-state index contributed by atoms with van der Waals surface area (Å²) in [6.45, 7) is 10.5. The number of carbonyl (C=O) groups is 1. The van der Waals surface area contributed by atoms with Gasteiger partial charge in [0.2, 0.25) is 9.84 Å². The fourth-order valence-corrected chi connectivity index (χ4v) is 4.75. The summed E-state index contributed by atoms with van der Waals surface area (Å²) in [7, 11) is -3.99. The Morgan fingerprint density at radius 3 is 2.33 bits per heavy atom. The smallest absolute Gasteiger partial charge is 0.274 e. The monoisotopic (exact) mass is 424 g/mol. The predicted molar refractivity (Wildman–Crippen MR) is 125 cm³/mol. The molecule has 4 heteroatoms. The second-order valence-corrected chi connectivity index (χ2v) is 10.4. The Hall–Kier alpha value is -2.46. The van der Waals surface area contributed by atoms with Crippen molar-refractivity contribution >= 4 is 15.0 Å². The van der Waals surface area contributed by atoms with Crippen molar-refractivity contribution in [3.05, 3.63) is 89.1 Å². The van der Waals surface area contributed by atoms with Gasteiger partial charge in [0.1, 0.15) is 0 Å². The average Bonchev–Trinajstić information content (AvgIpc) is 2.67. The minimum Gasteiger partial charge on any atom is -0.276 e. The number of hydrogen-bond donors (Lipinski definition) is 0. The number of sulfone groups is 1. The molecule has 0 aromatic heterocycles. The van der Waals surface area contributed by atoms with E-state index in [0.717, 1.165) is 18.1 Å². The molecule has 0 unspecified atom stereocenters. The van der Waals surface area contributed by atoms with Gasteiger partial charge in [-0.3, -0.25) is 4.79 Å². The SMILES string of the molecule is CC1=C(/C=C/C(C)=C/C=C/C(C)=C/C(=O)S(=O)(=O)c2ccccc2)C(C)(C)CCC1. The van der Waals surface area contributed by atoms with Crippen molar-refractivity contribution < 1.29 is 13.2 Å². The van der Waals surface area contributed by atoms with E-state index in [0.29, 0.717) is 5.57 Å². The van der Waals surface area contributed by atoms with Crippen LogP contribution in [-0.4, -0.2) is 13.5 Å². The van der Waals surface area contributed by atoms with E-state index in [-0.39, 0.29) is 10.3 Å².